The second-order valence-corrected chi connectivity index (χ2v) is 6.32. The average molecular weight is 365 g/mol. The van der Waals surface area contributed by atoms with Gasteiger partial charge in [-0.15, -0.1) is 0 Å². The van der Waals surface area contributed by atoms with Gasteiger partial charge in [0, 0.05) is 34.7 Å². The third kappa shape index (κ3) is 3.05. The van der Waals surface area contributed by atoms with Crippen molar-refractivity contribution in [1.29, 1.82) is 0 Å². The molecule has 2 aromatic rings. The van der Waals surface area contributed by atoms with Gasteiger partial charge in [-0.2, -0.15) is 0 Å². The van der Waals surface area contributed by atoms with Gasteiger partial charge in [0.2, 0.25) is 11.9 Å². The summed E-state index contributed by atoms with van der Waals surface area (Å²) in [6.07, 6.45) is 3.86. The van der Waals surface area contributed by atoms with Crippen molar-refractivity contribution in [2.45, 2.75) is 26.4 Å². The molecule has 0 bridgehead atoms. The molecule has 7 heteroatoms. The van der Waals surface area contributed by atoms with E-state index in [1.54, 1.807) is 12.4 Å². The number of anilines is 1. The van der Waals surface area contributed by atoms with Crippen LogP contribution in [-0.2, 0) is 9.53 Å². The molecule has 3 heterocycles. The van der Waals surface area contributed by atoms with Gasteiger partial charge in [0.1, 0.15) is 0 Å². The van der Waals surface area contributed by atoms with Crippen molar-refractivity contribution in [3.05, 3.63) is 39.9 Å². The predicted octanol–water partition coefficient (Wildman–Crippen LogP) is 2.90. The van der Waals surface area contributed by atoms with E-state index < -0.39 is 0 Å². The van der Waals surface area contributed by atoms with Gasteiger partial charge in [0.25, 0.3) is 0 Å². The summed E-state index contributed by atoms with van der Waals surface area (Å²) < 4.78 is 6.61. The van der Waals surface area contributed by atoms with Crippen molar-refractivity contribution >= 4 is 27.8 Å². The number of ether oxygens (including phenoxy) is 1. The van der Waals surface area contributed by atoms with Crippen LogP contribution < -0.4 is 5.32 Å². The van der Waals surface area contributed by atoms with Gasteiger partial charge in [0.15, 0.2) is 0 Å². The predicted molar refractivity (Wildman–Crippen MR) is 85.4 cm³/mol. The van der Waals surface area contributed by atoms with Crippen LogP contribution in [0, 0.1) is 19.8 Å². The van der Waals surface area contributed by atoms with E-state index in [0.717, 1.165) is 21.4 Å². The third-order valence-corrected chi connectivity index (χ3v) is 4.29. The Morgan fingerprint density at radius 1 is 1.45 bits per heavy atom. The zero-order chi connectivity index (χ0) is 15.7. The highest BCUT2D eigenvalue weighted by molar-refractivity contribution is 9.10. The molecule has 2 atom stereocenters. The Morgan fingerprint density at radius 3 is 2.95 bits per heavy atom. The maximum Gasteiger partial charge on any atom is 0.232 e. The third-order valence-electron chi connectivity index (χ3n) is 3.85. The first-order valence-electron chi connectivity index (χ1n) is 7.10. The fourth-order valence-electron chi connectivity index (χ4n) is 2.59. The Labute approximate surface area is 136 Å². The van der Waals surface area contributed by atoms with Gasteiger partial charge in [-0.05, 0) is 42.3 Å². The number of aromatic nitrogens is 3. The summed E-state index contributed by atoms with van der Waals surface area (Å²) >= 11 is 3.40. The molecular weight excluding hydrogens is 348 g/mol. The van der Waals surface area contributed by atoms with Crippen LogP contribution in [0.1, 0.15) is 29.5 Å². The highest BCUT2D eigenvalue weighted by Crippen LogP contribution is 2.35. The highest BCUT2D eigenvalue weighted by Gasteiger charge is 2.35. The molecule has 2 aromatic heterocycles. The lowest BCUT2D eigenvalue weighted by molar-refractivity contribution is -0.121. The molecule has 22 heavy (non-hydrogen) atoms. The van der Waals surface area contributed by atoms with Crippen LogP contribution in [0.25, 0.3) is 0 Å². The van der Waals surface area contributed by atoms with Gasteiger partial charge >= 0.3 is 0 Å². The molecule has 116 valence electrons. The maximum absolute atomic E-state index is 12.5. The van der Waals surface area contributed by atoms with E-state index >= 15 is 0 Å². The van der Waals surface area contributed by atoms with Crippen LogP contribution >= 0.6 is 15.9 Å². The van der Waals surface area contributed by atoms with Crippen molar-refractivity contribution in [2.24, 2.45) is 5.92 Å². The minimum Gasteiger partial charge on any atom is -0.373 e. The van der Waals surface area contributed by atoms with E-state index in [1.165, 1.54) is 0 Å². The lowest BCUT2D eigenvalue weighted by atomic mass is 9.95. The van der Waals surface area contributed by atoms with Crippen LogP contribution in [0.3, 0.4) is 0 Å². The highest BCUT2D eigenvalue weighted by atomic mass is 79.9. The van der Waals surface area contributed by atoms with Crippen LogP contribution in [0.2, 0.25) is 0 Å². The fraction of sp³-hybridized carbons (Fsp3) is 0.400. The minimum absolute atomic E-state index is 0.0868. The molecule has 1 amide bonds. The molecule has 0 unspecified atom stereocenters. The summed E-state index contributed by atoms with van der Waals surface area (Å²) in [6, 6.07) is 1.93. The average Bonchev–Trinajstić information content (AvgIpc) is 3.06. The van der Waals surface area contributed by atoms with E-state index in [0.29, 0.717) is 19.0 Å². The number of amides is 1. The number of carbonyl (C=O) groups excluding carboxylic acids is 1. The summed E-state index contributed by atoms with van der Waals surface area (Å²) in [5.41, 5.74) is 2.73. The van der Waals surface area contributed by atoms with Crippen molar-refractivity contribution in [1.82, 2.24) is 15.0 Å². The van der Waals surface area contributed by atoms with Gasteiger partial charge in [-0.25, -0.2) is 4.98 Å². The van der Waals surface area contributed by atoms with Crippen molar-refractivity contribution < 1.29 is 9.53 Å². The molecule has 0 spiro atoms. The molecule has 1 aliphatic heterocycles. The standard InChI is InChI=1S/C15H17BrN4O2/c1-8-9(2)19-15(18-8)20-14(21)12-3-4-22-13(12)10-5-11(16)7-17-6-10/h5-7,12-13H,3-4H2,1-2H3,(H2,18,19,20,21)/t12-,13+/m1/s1. The largest absolute Gasteiger partial charge is 0.373 e. The summed E-state index contributed by atoms with van der Waals surface area (Å²) in [4.78, 5) is 24.0. The first-order chi connectivity index (χ1) is 10.5. The number of aromatic amines is 1. The molecule has 1 saturated heterocycles. The molecule has 6 nitrogen and oxygen atoms in total. The first kappa shape index (κ1) is 15.2. The van der Waals surface area contributed by atoms with Gasteiger partial charge in [0.05, 0.1) is 17.7 Å². The first-order valence-corrected chi connectivity index (χ1v) is 7.90. The van der Waals surface area contributed by atoms with E-state index in [4.69, 9.17) is 4.74 Å². The molecule has 0 aliphatic carbocycles. The summed E-state index contributed by atoms with van der Waals surface area (Å²) in [5, 5.41) is 2.84. The van der Waals surface area contributed by atoms with Gasteiger partial charge < -0.3 is 9.72 Å². The number of nitrogens with zero attached hydrogens (tertiary/aromatic N) is 2. The Hall–Kier alpha value is -1.73. The number of nitrogens with one attached hydrogen (secondary N) is 2. The fourth-order valence-corrected chi connectivity index (χ4v) is 2.97. The lowest BCUT2D eigenvalue weighted by Crippen LogP contribution is -2.26. The Kier molecular flexibility index (Phi) is 4.26. The number of hydrogen-bond donors (Lipinski definition) is 2. The van der Waals surface area contributed by atoms with E-state index in [-0.39, 0.29) is 17.9 Å². The smallest absolute Gasteiger partial charge is 0.232 e. The number of halogens is 1. The lowest BCUT2D eigenvalue weighted by Gasteiger charge is -2.17. The van der Waals surface area contributed by atoms with Crippen molar-refractivity contribution in [2.75, 3.05) is 11.9 Å². The van der Waals surface area contributed by atoms with Gasteiger partial charge in [-0.3, -0.25) is 15.1 Å². The quantitative estimate of drug-likeness (QED) is 0.877. The Morgan fingerprint density at radius 2 is 2.27 bits per heavy atom. The number of hydrogen-bond acceptors (Lipinski definition) is 4. The van der Waals surface area contributed by atoms with Crippen LogP contribution in [-0.4, -0.2) is 27.5 Å². The number of carbonyl (C=O) groups is 1. The number of pyridine rings is 1. The number of rotatable bonds is 3. The summed E-state index contributed by atoms with van der Waals surface area (Å²) in [5.74, 6) is 0.149. The normalized spacial score (nSPS) is 21.0. The SMILES string of the molecule is Cc1nc(NC(=O)[C@@H]2CCO[C@H]2c2cncc(Br)c2)[nH]c1C. The molecule has 0 radical (unpaired) electrons. The van der Waals surface area contributed by atoms with Crippen molar-refractivity contribution in [3.63, 3.8) is 0 Å². The summed E-state index contributed by atoms with van der Waals surface area (Å²) in [7, 11) is 0. The molecule has 0 saturated carbocycles. The zero-order valence-electron chi connectivity index (χ0n) is 12.4. The maximum atomic E-state index is 12.5. The Bertz CT molecular complexity index is 681. The van der Waals surface area contributed by atoms with Crippen LogP contribution in [0.4, 0.5) is 5.95 Å². The molecule has 0 aromatic carbocycles. The monoisotopic (exact) mass is 364 g/mol. The Balaban J connectivity index is 1.76. The minimum atomic E-state index is -0.276. The molecule has 3 rings (SSSR count). The molecular formula is C15H17BrN4O2. The second-order valence-electron chi connectivity index (χ2n) is 5.41. The number of H-pyrrole nitrogens is 1. The van der Waals surface area contributed by atoms with Gasteiger partial charge in [-0.1, -0.05) is 0 Å². The topological polar surface area (TPSA) is 79.9 Å². The second kappa shape index (κ2) is 6.18. The van der Waals surface area contributed by atoms with E-state index in [2.05, 4.69) is 36.2 Å². The zero-order valence-corrected chi connectivity index (χ0v) is 14.0. The van der Waals surface area contributed by atoms with Crippen molar-refractivity contribution in [3.8, 4) is 0 Å². The van der Waals surface area contributed by atoms with E-state index in [1.807, 2.05) is 19.9 Å². The van der Waals surface area contributed by atoms with Crippen LogP contribution in [0.5, 0.6) is 0 Å². The molecule has 1 fully saturated rings. The van der Waals surface area contributed by atoms with E-state index in [9.17, 15) is 4.79 Å². The number of imidazole rings is 1. The number of aryl methyl sites for hydroxylation is 2. The van der Waals surface area contributed by atoms with Crippen LogP contribution in [0.15, 0.2) is 22.9 Å². The molecule has 2 N–H and O–H groups in total. The molecule has 1 aliphatic rings. The summed E-state index contributed by atoms with van der Waals surface area (Å²) in [6.45, 7) is 4.38.